The van der Waals surface area contributed by atoms with E-state index in [-0.39, 0.29) is 11.5 Å². The Morgan fingerprint density at radius 3 is 1.34 bits per heavy atom. The third-order valence-corrected chi connectivity index (χ3v) is 6.54. The van der Waals surface area contributed by atoms with Gasteiger partial charge < -0.3 is 18.6 Å². The Hall–Kier alpha value is -2.22. The van der Waals surface area contributed by atoms with Gasteiger partial charge >= 0.3 is 20.6 Å². The molecule has 0 heterocycles. The van der Waals surface area contributed by atoms with Crippen molar-refractivity contribution in [2.75, 3.05) is 0 Å². The summed E-state index contributed by atoms with van der Waals surface area (Å²) in [5.41, 5.74) is 0.0758. The van der Waals surface area contributed by atoms with Crippen LogP contribution in [-0.4, -0.2) is 27.0 Å². The number of hydrogen-bond donors (Lipinski definition) is 4. The van der Waals surface area contributed by atoms with Crippen LogP contribution < -0.4 is 18.6 Å². The summed E-state index contributed by atoms with van der Waals surface area (Å²) in [5.74, 6) is 0.0132. The SMILES string of the molecule is NS(=O)(=O)Oc1ccc(C(O)C2(C(O)c3ccc(OS(N)(=O)=O)cc3)CCCCC2)cc1. The number of benzene rings is 2. The van der Waals surface area contributed by atoms with Crippen LogP contribution in [-0.2, 0) is 20.6 Å². The molecule has 1 fully saturated rings. The van der Waals surface area contributed by atoms with Crippen LogP contribution in [0.25, 0.3) is 0 Å². The van der Waals surface area contributed by atoms with Crippen molar-refractivity contribution >= 4 is 20.6 Å². The third-order valence-electron chi connectivity index (χ3n) is 5.69. The number of nitrogens with two attached hydrogens (primary N) is 2. The standard InChI is InChI=1S/C20H26N2O8S2/c21-31(25,26)29-16-8-4-14(5-9-16)18(23)20(12-2-1-3-13-20)19(24)15-6-10-17(11-7-15)30-32(22,27)28/h4-11,18-19,23-24H,1-3,12-13H2,(H2,21,25,26)(H2,22,27,28). The quantitative estimate of drug-likeness (QED) is 0.434. The monoisotopic (exact) mass is 486 g/mol. The molecule has 0 bridgehead atoms. The van der Waals surface area contributed by atoms with Gasteiger partial charge in [0, 0.05) is 5.41 Å². The van der Waals surface area contributed by atoms with Gasteiger partial charge in [-0.1, -0.05) is 43.5 Å². The molecule has 2 aromatic rings. The molecule has 10 nitrogen and oxygen atoms in total. The molecule has 2 atom stereocenters. The minimum Gasteiger partial charge on any atom is -0.388 e. The van der Waals surface area contributed by atoms with Crippen LogP contribution in [0.4, 0.5) is 0 Å². The molecule has 1 aliphatic rings. The fourth-order valence-corrected chi connectivity index (χ4v) is 5.01. The number of aliphatic hydroxyl groups excluding tert-OH is 2. The van der Waals surface area contributed by atoms with Gasteiger partial charge in [-0.2, -0.15) is 27.1 Å². The lowest BCUT2D eigenvalue weighted by molar-refractivity contribution is -0.0972. The Morgan fingerprint density at radius 1 is 0.688 bits per heavy atom. The maximum absolute atomic E-state index is 11.3. The molecule has 1 aliphatic carbocycles. The molecule has 0 saturated heterocycles. The lowest BCUT2D eigenvalue weighted by Crippen LogP contribution is -2.37. The molecule has 0 aliphatic heterocycles. The van der Waals surface area contributed by atoms with Crippen molar-refractivity contribution in [3.63, 3.8) is 0 Å². The van der Waals surface area contributed by atoms with Gasteiger partial charge in [-0.15, -0.1) is 0 Å². The van der Waals surface area contributed by atoms with Gasteiger partial charge in [0.05, 0.1) is 12.2 Å². The highest BCUT2D eigenvalue weighted by atomic mass is 32.2. The van der Waals surface area contributed by atoms with Crippen molar-refractivity contribution in [2.45, 2.75) is 44.3 Å². The van der Waals surface area contributed by atoms with Crippen LogP contribution in [0.15, 0.2) is 48.5 Å². The highest BCUT2D eigenvalue weighted by molar-refractivity contribution is 7.85. The van der Waals surface area contributed by atoms with Crippen LogP contribution >= 0.6 is 0 Å². The third kappa shape index (κ3) is 5.97. The van der Waals surface area contributed by atoms with E-state index in [1.165, 1.54) is 48.5 Å². The molecule has 0 amide bonds. The van der Waals surface area contributed by atoms with Crippen molar-refractivity contribution in [3.05, 3.63) is 59.7 Å². The first kappa shape index (κ1) is 24.4. The minimum atomic E-state index is -4.17. The zero-order valence-corrected chi connectivity index (χ0v) is 18.8. The van der Waals surface area contributed by atoms with Gasteiger partial charge in [0.2, 0.25) is 0 Å². The normalized spacial score (nSPS) is 18.5. The van der Waals surface area contributed by atoms with Crippen molar-refractivity contribution < 1.29 is 35.4 Å². The second-order valence-corrected chi connectivity index (χ2v) is 10.2. The summed E-state index contributed by atoms with van der Waals surface area (Å²) in [4.78, 5) is 0. The topological polar surface area (TPSA) is 179 Å². The number of aliphatic hydroxyl groups is 2. The Balaban J connectivity index is 1.88. The first-order chi connectivity index (χ1) is 14.9. The predicted octanol–water partition coefficient (Wildman–Crippen LogP) is 1.57. The minimum absolute atomic E-state index is 0.00661. The Kier molecular flexibility index (Phi) is 7.12. The molecular weight excluding hydrogens is 460 g/mol. The largest absolute Gasteiger partial charge is 0.388 e. The zero-order valence-electron chi connectivity index (χ0n) is 17.1. The molecule has 0 aromatic heterocycles. The molecule has 3 rings (SSSR count). The summed E-state index contributed by atoms with van der Waals surface area (Å²) in [5, 5.41) is 32.3. The lowest BCUT2D eigenvalue weighted by Gasteiger charge is -2.45. The molecule has 176 valence electrons. The van der Waals surface area contributed by atoms with Crippen LogP contribution in [0.1, 0.15) is 55.4 Å². The van der Waals surface area contributed by atoms with Crippen molar-refractivity contribution in [3.8, 4) is 11.5 Å². The van der Waals surface area contributed by atoms with E-state index < -0.39 is 38.2 Å². The highest BCUT2D eigenvalue weighted by Gasteiger charge is 2.46. The van der Waals surface area contributed by atoms with E-state index >= 15 is 0 Å². The van der Waals surface area contributed by atoms with Crippen LogP contribution in [0.5, 0.6) is 11.5 Å². The van der Waals surface area contributed by atoms with Crippen molar-refractivity contribution in [1.29, 1.82) is 0 Å². The predicted molar refractivity (Wildman–Crippen MR) is 116 cm³/mol. The molecule has 0 spiro atoms. The molecule has 1 saturated carbocycles. The van der Waals surface area contributed by atoms with E-state index in [0.717, 1.165) is 19.3 Å². The summed E-state index contributed by atoms with van der Waals surface area (Å²) in [6.07, 6.45) is 1.60. The average molecular weight is 487 g/mol. The fourth-order valence-electron chi connectivity index (χ4n) is 4.25. The molecule has 12 heteroatoms. The molecule has 2 aromatic carbocycles. The van der Waals surface area contributed by atoms with Gasteiger partial charge in [0.15, 0.2) is 0 Å². The number of rotatable bonds is 8. The van der Waals surface area contributed by atoms with E-state index in [1.807, 2.05) is 0 Å². The van der Waals surface area contributed by atoms with E-state index in [4.69, 9.17) is 10.3 Å². The van der Waals surface area contributed by atoms with Crippen LogP contribution in [0.2, 0.25) is 0 Å². The van der Waals surface area contributed by atoms with Gasteiger partial charge in [-0.3, -0.25) is 0 Å². The Bertz CT molecular complexity index is 1040. The molecule has 2 unspecified atom stereocenters. The van der Waals surface area contributed by atoms with E-state index in [9.17, 15) is 27.0 Å². The van der Waals surface area contributed by atoms with Crippen molar-refractivity contribution in [2.24, 2.45) is 15.7 Å². The van der Waals surface area contributed by atoms with E-state index in [2.05, 4.69) is 8.37 Å². The molecular formula is C20H26N2O8S2. The molecule has 6 N–H and O–H groups in total. The van der Waals surface area contributed by atoms with Gasteiger partial charge in [0.1, 0.15) is 11.5 Å². The first-order valence-corrected chi connectivity index (χ1v) is 12.8. The van der Waals surface area contributed by atoms with Gasteiger partial charge in [-0.05, 0) is 48.2 Å². The first-order valence-electron chi connectivity index (χ1n) is 9.90. The fraction of sp³-hybridized carbons (Fsp3) is 0.400. The second-order valence-electron chi connectivity index (χ2n) is 7.89. The molecule has 32 heavy (non-hydrogen) atoms. The highest BCUT2D eigenvalue weighted by Crippen LogP contribution is 2.54. The van der Waals surface area contributed by atoms with Crippen LogP contribution in [0, 0.1) is 5.41 Å². The average Bonchev–Trinajstić information content (AvgIpc) is 2.72. The maximum atomic E-state index is 11.3. The van der Waals surface area contributed by atoms with E-state index in [1.54, 1.807) is 0 Å². The lowest BCUT2D eigenvalue weighted by atomic mass is 9.63. The summed E-state index contributed by atoms with van der Waals surface area (Å²) in [7, 11) is -8.33. The van der Waals surface area contributed by atoms with Gasteiger partial charge in [0.25, 0.3) is 0 Å². The summed E-state index contributed by atoms with van der Waals surface area (Å²) >= 11 is 0. The molecule has 0 radical (unpaired) electrons. The summed E-state index contributed by atoms with van der Waals surface area (Å²) < 4.78 is 53.6. The summed E-state index contributed by atoms with van der Waals surface area (Å²) in [6, 6.07) is 11.6. The maximum Gasteiger partial charge on any atom is 0.380 e. The number of hydrogen-bond acceptors (Lipinski definition) is 8. The zero-order chi connectivity index (χ0) is 23.6. The van der Waals surface area contributed by atoms with E-state index in [0.29, 0.717) is 24.0 Å². The Labute approximate surface area is 187 Å². The summed E-state index contributed by atoms with van der Waals surface area (Å²) in [6.45, 7) is 0. The van der Waals surface area contributed by atoms with Crippen LogP contribution in [0.3, 0.4) is 0 Å². The smallest absolute Gasteiger partial charge is 0.380 e. The van der Waals surface area contributed by atoms with Crippen molar-refractivity contribution in [1.82, 2.24) is 0 Å². The van der Waals surface area contributed by atoms with Gasteiger partial charge in [-0.25, -0.2) is 0 Å². The Morgan fingerprint density at radius 2 is 1.03 bits per heavy atom. The second kappa shape index (κ2) is 9.33.